The molecule has 0 nitrogen and oxygen atoms in total. The Labute approximate surface area is 98.7 Å². The van der Waals surface area contributed by atoms with Gasteiger partial charge in [-0.15, -0.1) is 0 Å². The van der Waals surface area contributed by atoms with Crippen LogP contribution in [0.4, 0.5) is 0 Å². The second-order valence-corrected chi connectivity index (χ2v) is 4.93. The zero-order chi connectivity index (χ0) is 11.5. The van der Waals surface area contributed by atoms with Crippen molar-refractivity contribution in [1.82, 2.24) is 0 Å². The maximum Gasteiger partial charge on any atom is -0.00733 e. The van der Waals surface area contributed by atoms with Crippen molar-refractivity contribution in [3.63, 3.8) is 0 Å². The van der Waals surface area contributed by atoms with Gasteiger partial charge < -0.3 is 0 Å². The lowest BCUT2D eigenvalue weighted by Gasteiger charge is -2.07. The van der Waals surface area contributed by atoms with E-state index in [-0.39, 0.29) is 0 Å². The summed E-state index contributed by atoms with van der Waals surface area (Å²) in [6, 6.07) is 8.89. The second-order valence-electron chi connectivity index (χ2n) is 4.93. The van der Waals surface area contributed by atoms with E-state index in [1.54, 1.807) is 0 Å². The van der Waals surface area contributed by atoms with Gasteiger partial charge in [-0.3, -0.25) is 0 Å². The highest BCUT2D eigenvalue weighted by molar-refractivity contribution is 5.67. The summed E-state index contributed by atoms with van der Waals surface area (Å²) in [5.74, 6) is 0.568. The number of hydrogen-bond donors (Lipinski definition) is 0. The quantitative estimate of drug-likeness (QED) is 0.589. The van der Waals surface area contributed by atoms with Crippen molar-refractivity contribution in [1.29, 1.82) is 0 Å². The molecule has 16 heavy (non-hydrogen) atoms. The number of allylic oxidation sites excluding steroid dienone is 4. The molecule has 1 aromatic rings. The molecular weight excluding hydrogens is 192 g/mol. The lowest BCUT2D eigenvalue weighted by Crippen LogP contribution is -1.87. The van der Waals surface area contributed by atoms with Crippen LogP contribution in [-0.4, -0.2) is 0 Å². The van der Waals surface area contributed by atoms with Crippen molar-refractivity contribution < 1.29 is 0 Å². The van der Waals surface area contributed by atoms with Gasteiger partial charge in [-0.2, -0.15) is 0 Å². The maximum absolute atomic E-state index is 2.40. The topological polar surface area (TPSA) is 0 Å². The Morgan fingerprint density at radius 3 is 2.31 bits per heavy atom. The van der Waals surface area contributed by atoms with Crippen LogP contribution in [0.15, 0.2) is 42.0 Å². The molecule has 1 atom stereocenters. The van der Waals surface area contributed by atoms with Gasteiger partial charge in [0.2, 0.25) is 0 Å². The molecule has 1 unspecified atom stereocenters. The van der Waals surface area contributed by atoms with E-state index in [4.69, 9.17) is 0 Å². The SMILES string of the molecule is CC1=CC(C)C=C(c2ccc(C)cc2)CC1. The standard InChI is InChI=1S/C16H20/c1-12-4-7-15(8-5-12)16-9-6-13(2)10-14(3)11-16/h4-5,7-8,10-11,14H,6,9H2,1-3H3. The molecule has 0 bridgehead atoms. The Kier molecular flexibility index (Phi) is 3.28. The summed E-state index contributed by atoms with van der Waals surface area (Å²) < 4.78 is 0. The molecule has 0 radical (unpaired) electrons. The van der Waals surface area contributed by atoms with Gasteiger partial charge in [0.05, 0.1) is 0 Å². The van der Waals surface area contributed by atoms with Gasteiger partial charge in [0.1, 0.15) is 0 Å². The lowest BCUT2D eigenvalue weighted by molar-refractivity contribution is 0.924. The van der Waals surface area contributed by atoms with Crippen molar-refractivity contribution >= 4 is 5.57 Å². The molecule has 0 heterocycles. The fourth-order valence-electron chi connectivity index (χ4n) is 2.32. The first kappa shape index (κ1) is 11.2. The van der Waals surface area contributed by atoms with Gasteiger partial charge in [0.15, 0.2) is 0 Å². The molecular formula is C16H20. The van der Waals surface area contributed by atoms with E-state index in [0.29, 0.717) is 5.92 Å². The van der Waals surface area contributed by atoms with Crippen molar-refractivity contribution in [2.45, 2.75) is 33.6 Å². The molecule has 0 heteroatoms. The summed E-state index contributed by atoms with van der Waals surface area (Å²) in [6.07, 6.45) is 7.15. The smallest absolute Gasteiger partial charge is 0.00733 e. The summed E-state index contributed by atoms with van der Waals surface area (Å²) in [4.78, 5) is 0. The Hall–Kier alpha value is -1.30. The Morgan fingerprint density at radius 2 is 1.62 bits per heavy atom. The molecule has 0 spiro atoms. The number of aryl methyl sites for hydroxylation is 1. The maximum atomic E-state index is 2.40. The van der Waals surface area contributed by atoms with Gasteiger partial charge in [0.25, 0.3) is 0 Å². The largest absolute Gasteiger partial charge is 0.0789 e. The third-order valence-electron chi connectivity index (χ3n) is 3.22. The monoisotopic (exact) mass is 212 g/mol. The van der Waals surface area contributed by atoms with E-state index in [0.717, 1.165) is 0 Å². The first-order valence-electron chi connectivity index (χ1n) is 6.10. The van der Waals surface area contributed by atoms with Crippen LogP contribution in [0.1, 0.15) is 37.8 Å². The highest BCUT2D eigenvalue weighted by Gasteiger charge is 2.08. The molecule has 0 aromatic heterocycles. The van der Waals surface area contributed by atoms with Crippen molar-refractivity contribution in [2.75, 3.05) is 0 Å². The molecule has 1 aliphatic rings. The highest BCUT2D eigenvalue weighted by Crippen LogP contribution is 2.28. The van der Waals surface area contributed by atoms with Gasteiger partial charge in [-0.1, -0.05) is 54.5 Å². The Balaban J connectivity index is 2.26. The molecule has 0 saturated heterocycles. The number of rotatable bonds is 1. The van der Waals surface area contributed by atoms with Crippen LogP contribution in [0.25, 0.3) is 5.57 Å². The van der Waals surface area contributed by atoms with Crippen LogP contribution in [0.2, 0.25) is 0 Å². The molecule has 0 fully saturated rings. The van der Waals surface area contributed by atoms with E-state index in [9.17, 15) is 0 Å². The summed E-state index contributed by atoms with van der Waals surface area (Å²) in [5, 5.41) is 0. The van der Waals surface area contributed by atoms with Gasteiger partial charge in [-0.25, -0.2) is 0 Å². The Morgan fingerprint density at radius 1 is 0.938 bits per heavy atom. The van der Waals surface area contributed by atoms with Gasteiger partial charge in [-0.05, 0) is 43.7 Å². The van der Waals surface area contributed by atoms with Crippen LogP contribution < -0.4 is 0 Å². The summed E-state index contributed by atoms with van der Waals surface area (Å²) in [5.41, 5.74) is 5.74. The van der Waals surface area contributed by atoms with E-state index in [2.05, 4.69) is 57.2 Å². The first-order chi connectivity index (χ1) is 7.65. The third kappa shape index (κ3) is 2.63. The minimum absolute atomic E-state index is 0.568. The van der Waals surface area contributed by atoms with E-state index in [1.165, 1.54) is 35.1 Å². The van der Waals surface area contributed by atoms with Gasteiger partial charge in [0, 0.05) is 0 Å². The van der Waals surface area contributed by atoms with Crippen molar-refractivity contribution in [3.8, 4) is 0 Å². The predicted molar refractivity (Wildman–Crippen MR) is 71.3 cm³/mol. The fraction of sp³-hybridized carbons (Fsp3) is 0.375. The highest BCUT2D eigenvalue weighted by atomic mass is 14.1. The van der Waals surface area contributed by atoms with Crippen molar-refractivity contribution in [3.05, 3.63) is 53.1 Å². The minimum atomic E-state index is 0.568. The summed E-state index contributed by atoms with van der Waals surface area (Å²) >= 11 is 0. The molecule has 2 rings (SSSR count). The molecule has 0 amide bonds. The van der Waals surface area contributed by atoms with Crippen LogP contribution in [0.3, 0.4) is 0 Å². The average Bonchev–Trinajstić information content (AvgIpc) is 2.41. The lowest BCUT2D eigenvalue weighted by atomic mass is 9.98. The molecule has 0 saturated carbocycles. The fourth-order valence-corrected chi connectivity index (χ4v) is 2.32. The zero-order valence-electron chi connectivity index (χ0n) is 10.5. The van der Waals surface area contributed by atoms with E-state index >= 15 is 0 Å². The van der Waals surface area contributed by atoms with Crippen LogP contribution in [-0.2, 0) is 0 Å². The summed E-state index contributed by atoms with van der Waals surface area (Å²) in [7, 11) is 0. The zero-order valence-corrected chi connectivity index (χ0v) is 10.5. The molecule has 0 N–H and O–H groups in total. The predicted octanol–water partition coefficient (Wildman–Crippen LogP) is 4.75. The first-order valence-corrected chi connectivity index (χ1v) is 6.10. The van der Waals surface area contributed by atoms with E-state index in [1.807, 2.05) is 0 Å². The summed E-state index contributed by atoms with van der Waals surface area (Å²) in [6.45, 7) is 6.64. The van der Waals surface area contributed by atoms with Crippen LogP contribution >= 0.6 is 0 Å². The Bertz CT molecular complexity index is 418. The van der Waals surface area contributed by atoms with Crippen LogP contribution in [0, 0.1) is 12.8 Å². The third-order valence-corrected chi connectivity index (χ3v) is 3.22. The van der Waals surface area contributed by atoms with E-state index < -0.39 is 0 Å². The normalized spacial score (nSPS) is 21.1. The van der Waals surface area contributed by atoms with Crippen LogP contribution in [0.5, 0.6) is 0 Å². The second kappa shape index (κ2) is 4.69. The van der Waals surface area contributed by atoms with Gasteiger partial charge >= 0.3 is 0 Å². The molecule has 1 aromatic carbocycles. The number of hydrogen-bond acceptors (Lipinski definition) is 0. The number of benzene rings is 1. The average molecular weight is 212 g/mol. The minimum Gasteiger partial charge on any atom is -0.0789 e. The molecule has 0 aliphatic heterocycles. The van der Waals surface area contributed by atoms with Crippen molar-refractivity contribution in [2.24, 2.45) is 5.92 Å². The molecule has 1 aliphatic carbocycles. The molecule has 84 valence electrons.